The van der Waals surface area contributed by atoms with Gasteiger partial charge in [0.15, 0.2) is 0 Å². The van der Waals surface area contributed by atoms with E-state index in [0.717, 1.165) is 27.5 Å². The predicted octanol–water partition coefficient (Wildman–Crippen LogP) is 4.45. The largest absolute Gasteiger partial charge is 0.256 e. The monoisotopic (exact) mass is 251 g/mol. The van der Waals surface area contributed by atoms with Gasteiger partial charge in [-0.1, -0.05) is 29.8 Å². The molecule has 0 amide bonds. The van der Waals surface area contributed by atoms with E-state index in [1.165, 1.54) is 0 Å². The summed E-state index contributed by atoms with van der Waals surface area (Å²) in [6.45, 7) is 1.96. The Hall–Kier alpha value is -1.05. The van der Waals surface area contributed by atoms with E-state index in [9.17, 15) is 0 Å². The van der Waals surface area contributed by atoms with Crippen molar-refractivity contribution in [3.05, 3.63) is 52.8 Å². The highest BCUT2D eigenvalue weighted by molar-refractivity contribution is 6.30. The van der Waals surface area contributed by atoms with Crippen LogP contribution in [0.3, 0.4) is 0 Å². The summed E-state index contributed by atoms with van der Waals surface area (Å²) in [5.74, 6) is 0.416. The number of halogens is 2. The second-order valence-corrected chi connectivity index (χ2v) is 4.29. The van der Waals surface area contributed by atoms with Crippen LogP contribution in [-0.4, -0.2) is 4.98 Å². The van der Waals surface area contributed by atoms with E-state index in [0.29, 0.717) is 5.88 Å². The molecule has 2 rings (SSSR count). The first-order chi connectivity index (χ1) is 7.70. The Morgan fingerprint density at radius 3 is 2.38 bits per heavy atom. The van der Waals surface area contributed by atoms with Crippen LogP contribution in [0.4, 0.5) is 0 Å². The van der Waals surface area contributed by atoms with E-state index in [1.54, 1.807) is 0 Å². The molecule has 1 heterocycles. The third-order valence-corrected chi connectivity index (χ3v) is 2.90. The number of nitrogens with zero attached hydrogens (tertiary/aromatic N) is 1. The smallest absolute Gasteiger partial charge is 0.0653 e. The Kier molecular flexibility index (Phi) is 3.47. The summed E-state index contributed by atoms with van der Waals surface area (Å²) in [6.07, 6.45) is 0. The minimum absolute atomic E-state index is 0.416. The van der Waals surface area contributed by atoms with Crippen molar-refractivity contribution < 1.29 is 0 Å². The Morgan fingerprint density at radius 1 is 1.06 bits per heavy atom. The average Bonchev–Trinajstić information content (AvgIpc) is 2.30. The molecule has 0 aliphatic carbocycles. The molecule has 1 aromatic carbocycles. The number of benzene rings is 1. The Labute approximate surface area is 105 Å². The number of aromatic nitrogens is 1. The highest BCUT2D eigenvalue weighted by Crippen LogP contribution is 2.25. The molecule has 0 saturated carbocycles. The molecule has 0 aliphatic heterocycles. The zero-order valence-corrected chi connectivity index (χ0v) is 10.4. The van der Waals surface area contributed by atoms with Gasteiger partial charge in [-0.3, -0.25) is 4.98 Å². The zero-order chi connectivity index (χ0) is 11.5. The summed E-state index contributed by atoms with van der Waals surface area (Å²) in [7, 11) is 0. The lowest BCUT2D eigenvalue weighted by Gasteiger charge is -2.07. The van der Waals surface area contributed by atoms with Crippen LogP contribution in [-0.2, 0) is 5.88 Å². The summed E-state index contributed by atoms with van der Waals surface area (Å²) in [5, 5.41) is 0.733. The lowest BCUT2D eigenvalue weighted by Crippen LogP contribution is -1.93. The van der Waals surface area contributed by atoms with E-state index in [1.807, 2.05) is 43.3 Å². The standard InChI is InChI=1S/C13H11Cl2N/c1-9-2-7-12(13(8-14)16-9)10-3-5-11(15)6-4-10/h2-7H,8H2,1H3. The van der Waals surface area contributed by atoms with Gasteiger partial charge in [-0.15, -0.1) is 11.6 Å². The minimum atomic E-state index is 0.416. The second kappa shape index (κ2) is 4.86. The highest BCUT2D eigenvalue weighted by atomic mass is 35.5. The molecule has 82 valence electrons. The van der Waals surface area contributed by atoms with Crippen LogP contribution in [0, 0.1) is 6.92 Å². The van der Waals surface area contributed by atoms with E-state index in [4.69, 9.17) is 23.2 Å². The molecule has 1 aromatic heterocycles. The molecule has 0 saturated heterocycles. The number of hydrogen-bond donors (Lipinski definition) is 0. The summed E-state index contributed by atoms with van der Waals surface area (Å²) >= 11 is 11.8. The maximum Gasteiger partial charge on any atom is 0.0653 e. The quantitative estimate of drug-likeness (QED) is 0.719. The van der Waals surface area contributed by atoms with Gasteiger partial charge < -0.3 is 0 Å². The molecule has 0 atom stereocenters. The van der Waals surface area contributed by atoms with E-state index in [2.05, 4.69) is 4.98 Å². The second-order valence-electron chi connectivity index (χ2n) is 3.59. The molecule has 1 nitrogen and oxygen atoms in total. The van der Waals surface area contributed by atoms with Crippen molar-refractivity contribution >= 4 is 23.2 Å². The van der Waals surface area contributed by atoms with Crippen molar-refractivity contribution in [2.75, 3.05) is 0 Å². The number of pyridine rings is 1. The molecule has 0 radical (unpaired) electrons. The maximum absolute atomic E-state index is 5.90. The van der Waals surface area contributed by atoms with Crippen LogP contribution in [0.5, 0.6) is 0 Å². The van der Waals surface area contributed by atoms with E-state index >= 15 is 0 Å². The fourth-order valence-corrected chi connectivity index (χ4v) is 1.93. The zero-order valence-electron chi connectivity index (χ0n) is 8.87. The van der Waals surface area contributed by atoms with Crippen LogP contribution in [0.1, 0.15) is 11.4 Å². The molecule has 0 N–H and O–H groups in total. The Morgan fingerprint density at radius 2 is 1.75 bits per heavy atom. The Balaban J connectivity index is 2.51. The molecular formula is C13H11Cl2N. The first-order valence-electron chi connectivity index (χ1n) is 4.99. The third kappa shape index (κ3) is 2.37. The van der Waals surface area contributed by atoms with Gasteiger partial charge in [0.1, 0.15) is 0 Å². The molecule has 0 aliphatic rings. The Bertz CT molecular complexity index is 492. The first-order valence-corrected chi connectivity index (χ1v) is 5.90. The van der Waals surface area contributed by atoms with Crippen molar-refractivity contribution in [1.29, 1.82) is 0 Å². The molecule has 0 bridgehead atoms. The number of rotatable bonds is 2. The molecule has 16 heavy (non-hydrogen) atoms. The lowest BCUT2D eigenvalue weighted by atomic mass is 10.0. The fourth-order valence-electron chi connectivity index (χ4n) is 1.60. The fraction of sp³-hybridized carbons (Fsp3) is 0.154. The average molecular weight is 252 g/mol. The molecular weight excluding hydrogens is 241 g/mol. The van der Waals surface area contributed by atoms with Crippen LogP contribution in [0.25, 0.3) is 11.1 Å². The van der Waals surface area contributed by atoms with Gasteiger partial charge in [-0.2, -0.15) is 0 Å². The highest BCUT2D eigenvalue weighted by Gasteiger charge is 2.05. The SMILES string of the molecule is Cc1ccc(-c2ccc(Cl)cc2)c(CCl)n1. The van der Waals surface area contributed by atoms with Gasteiger partial charge in [0.2, 0.25) is 0 Å². The van der Waals surface area contributed by atoms with Crippen molar-refractivity contribution in [2.24, 2.45) is 0 Å². The van der Waals surface area contributed by atoms with Gasteiger partial charge in [0, 0.05) is 16.3 Å². The molecule has 2 aromatic rings. The van der Waals surface area contributed by atoms with Gasteiger partial charge in [-0.05, 0) is 30.7 Å². The van der Waals surface area contributed by atoms with Gasteiger partial charge in [-0.25, -0.2) is 0 Å². The van der Waals surface area contributed by atoms with Gasteiger partial charge in [0.05, 0.1) is 11.6 Å². The third-order valence-electron chi connectivity index (χ3n) is 2.40. The maximum atomic E-state index is 5.90. The molecule has 3 heteroatoms. The molecule has 0 spiro atoms. The number of hydrogen-bond acceptors (Lipinski definition) is 1. The first kappa shape index (κ1) is 11.4. The van der Waals surface area contributed by atoms with E-state index in [-0.39, 0.29) is 0 Å². The number of alkyl halides is 1. The number of aryl methyl sites for hydroxylation is 1. The van der Waals surface area contributed by atoms with Crippen molar-refractivity contribution in [3.8, 4) is 11.1 Å². The van der Waals surface area contributed by atoms with Crippen molar-refractivity contribution in [1.82, 2.24) is 4.98 Å². The van der Waals surface area contributed by atoms with Crippen LogP contribution < -0.4 is 0 Å². The van der Waals surface area contributed by atoms with Crippen molar-refractivity contribution in [2.45, 2.75) is 12.8 Å². The predicted molar refractivity (Wildman–Crippen MR) is 69.0 cm³/mol. The van der Waals surface area contributed by atoms with Crippen molar-refractivity contribution in [3.63, 3.8) is 0 Å². The normalized spacial score (nSPS) is 10.4. The summed E-state index contributed by atoms with van der Waals surface area (Å²) in [6, 6.07) is 11.7. The van der Waals surface area contributed by atoms with Crippen LogP contribution in [0.2, 0.25) is 5.02 Å². The topological polar surface area (TPSA) is 12.9 Å². The minimum Gasteiger partial charge on any atom is -0.256 e. The van der Waals surface area contributed by atoms with Gasteiger partial charge >= 0.3 is 0 Å². The van der Waals surface area contributed by atoms with Gasteiger partial charge in [0.25, 0.3) is 0 Å². The van der Waals surface area contributed by atoms with E-state index < -0.39 is 0 Å². The summed E-state index contributed by atoms with van der Waals surface area (Å²) < 4.78 is 0. The molecule has 0 fully saturated rings. The lowest BCUT2D eigenvalue weighted by molar-refractivity contribution is 1.11. The summed E-state index contributed by atoms with van der Waals surface area (Å²) in [4.78, 5) is 4.43. The molecule has 0 unspecified atom stereocenters. The summed E-state index contributed by atoms with van der Waals surface area (Å²) in [5.41, 5.74) is 4.04. The van der Waals surface area contributed by atoms with Crippen LogP contribution >= 0.6 is 23.2 Å². The van der Waals surface area contributed by atoms with Crippen LogP contribution in [0.15, 0.2) is 36.4 Å².